The molecule has 0 atom stereocenters. The molecule has 3 aromatic rings. The number of aliphatic carboxylic acids is 1. The Bertz CT molecular complexity index is 1200. The maximum Gasteiger partial charge on any atom is 0.321 e. The fraction of sp³-hybridized carbons (Fsp3) is 0.458. The average Bonchev–Trinajstić information content (AvgIpc) is 3.27. The van der Waals surface area contributed by atoms with Gasteiger partial charge < -0.3 is 20.1 Å². The van der Waals surface area contributed by atoms with Gasteiger partial charge in [0.2, 0.25) is 5.95 Å². The second-order valence-electron chi connectivity index (χ2n) is 8.62. The van der Waals surface area contributed by atoms with Gasteiger partial charge in [-0.25, -0.2) is 19.7 Å². The molecule has 11 heteroatoms. The second kappa shape index (κ2) is 10.5. The van der Waals surface area contributed by atoms with Gasteiger partial charge in [0, 0.05) is 44.7 Å². The molecular formula is C24H30N6O4S. The zero-order valence-corrected chi connectivity index (χ0v) is 20.9. The van der Waals surface area contributed by atoms with Gasteiger partial charge in [-0.05, 0) is 49.4 Å². The number of nitrogens with zero attached hydrogens (tertiary/aromatic N) is 4. The van der Waals surface area contributed by atoms with Gasteiger partial charge in [-0.15, -0.1) is 0 Å². The third-order valence-corrected chi connectivity index (χ3v) is 7.59. The number of aromatic nitrogens is 3. The van der Waals surface area contributed by atoms with Crippen molar-refractivity contribution in [3.63, 3.8) is 0 Å². The number of urea groups is 1. The molecule has 0 aliphatic carbocycles. The highest BCUT2D eigenvalue weighted by molar-refractivity contribution is 7.22. The molecule has 1 aliphatic heterocycles. The van der Waals surface area contributed by atoms with E-state index in [1.807, 2.05) is 30.9 Å². The van der Waals surface area contributed by atoms with Gasteiger partial charge in [-0.1, -0.05) is 18.3 Å². The number of rotatable bonds is 8. The summed E-state index contributed by atoms with van der Waals surface area (Å²) in [7, 11) is 1.64. The highest BCUT2D eigenvalue weighted by atomic mass is 32.1. The number of carbonyl (C=O) groups is 2. The summed E-state index contributed by atoms with van der Waals surface area (Å²) in [5.74, 6) is -0.117. The molecule has 2 aromatic heterocycles. The largest absolute Gasteiger partial charge is 0.481 e. The number of carboxylic acid groups (broad SMARTS) is 1. The van der Waals surface area contributed by atoms with Crippen LogP contribution in [0.4, 0.5) is 15.9 Å². The number of hydrogen-bond donors (Lipinski definition) is 3. The Morgan fingerprint density at radius 1 is 1.17 bits per heavy atom. The minimum atomic E-state index is -0.718. The Morgan fingerprint density at radius 3 is 2.49 bits per heavy atom. The number of methoxy groups -OCH3 is 1. The molecule has 1 aromatic carbocycles. The van der Waals surface area contributed by atoms with Crippen molar-refractivity contribution in [3.05, 3.63) is 30.1 Å². The van der Waals surface area contributed by atoms with Crippen LogP contribution in [-0.2, 0) is 16.1 Å². The van der Waals surface area contributed by atoms with Crippen LogP contribution in [0, 0.1) is 5.41 Å². The summed E-state index contributed by atoms with van der Waals surface area (Å²) < 4.78 is 6.35. The predicted molar refractivity (Wildman–Crippen MR) is 136 cm³/mol. The van der Waals surface area contributed by atoms with Gasteiger partial charge in [0.25, 0.3) is 0 Å². The molecule has 0 unspecified atom stereocenters. The highest BCUT2D eigenvalue weighted by Crippen LogP contribution is 2.37. The van der Waals surface area contributed by atoms with Crippen LogP contribution in [0.3, 0.4) is 0 Å². The van der Waals surface area contributed by atoms with Gasteiger partial charge in [0.05, 0.1) is 22.2 Å². The van der Waals surface area contributed by atoms with Gasteiger partial charge >= 0.3 is 12.0 Å². The smallest absolute Gasteiger partial charge is 0.321 e. The minimum absolute atomic E-state index is 0.290. The average molecular weight is 499 g/mol. The third-order valence-electron chi connectivity index (χ3n) is 6.53. The number of carboxylic acids is 1. The normalized spacial score (nSPS) is 15.2. The Morgan fingerprint density at radius 2 is 1.89 bits per heavy atom. The number of piperidine rings is 1. The molecule has 10 nitrogen and oxygen atoms in total. The first-order chi connectivity index (χ1) is 16.9. The molecule has 4 rings (SSSR count). The molecule has 0 bridgehead atoms. The van der Waals surface area contributed by atoms with Crippen LogP contribution in [0.5, 0.6) is 0 Å². The Labute approximate surface area is 207 Å². The third kappa shape index (κ3) is 5.20. The van der Waals surface area contributed by atoms with E-state index in [9.17, 15) is 14.7 Å². The lowest BCUT2D eigenvalue weighted by Gasteiger charge is -2.38. The maximum absolute atomic E-state index is 11.9. The van der Waals surface area contributed by atoms with Crippen molar-refractivity contribution in [2.24, 2.45) is 5.41 Å². The van der Waals surface area contributed by atoms with Crippen molar-refractivity contribution in [1.29, 1.82) is 0 Å². The van der Waals surface area contributed by atoms with Crippen molar-refractivity contribution in [3.8, 4) is 11.1 Å². The lowest BCUT2D eigenvalue weighted by Crippen LogP contribution is -2.44. The van der Waals surface area contributed by atoms with Gasteiger partial charge in [0.1, 0.15) is 0 Å². The van der Waals surface area contributed by atoms with Crippen molar-refractivity contribution in [2.75, 3.05) is 37.0 Å². The molecular weight excluding hydrogens is 468 g/mol. The predicted octanol–water partition coefficient (Wildman–Crippen LogP) is 4.12. The van der Waals surface area contributed by atoms with E-state index in [4.69, 9.17) is 4.74 Å². The first kappa shape index (κ1) is 24.8. The van der Waals surface area contributed by atoms with E-state index in [0.717, 1.165) is 26.9 Å². The summed E-state index contributed by atoms with van der Waals surface area (Å²) in [6.07, 6.45) is 5.34. The lowest BCUT2D eigenvalue weighted by atomic mass is 9.76. The Kier molecular flexibility index (Phi) is 7.46. The van der Waals surface area contributed by atoms with Gasteiger partial charge in [0.15, 0.2) is 5.13 Å². The molecule has 35 heavy (non-hydrogen) atoms. The van der Waals surface area contributed by atoms with E-state index in [2.05, 4.69) is 25.6 Å². The maximum atomic E-state index is 11.9. The van der Waals surface area contributed by atoms with Crippen LogP contribution in [0.2, 0.25) is 0 Å². The Hall–Kier alpha value is -3.31. The molecule has 0 radical (unpaired) electrons. The zero-order valence-electron chi connectivity index (χ0n) is 20.1. The van der Waals surface area contributed by atoms with E-state index in [0.29, 0.717) is 56.6 Å². The first-order valence-corrected chi connectivity index (χ1v) is 12.5. The van der Waals surface area contributed by atoms with Crippen LogP contribution < -0.4 is 15.5 Å². The number of anilines is 2. The summed E-state index contributed by atoms with van der Waals surface area (Å²) in [5, 5.41) is 15.6. The van der Waals surface area contributed by atoms with Crippen molar-refractivity contribution < 1.29 is 19.4 Å². The number of carbonyl (C=O) groups excluding carboxylic acids is 1. The quantitative estimate of drug-likeness (QED) is 0.423. The fourth-order valence-electron chi connectivity index (χ4n) is 4.37. The summed E-state index contributed by atoms with van der Waals surface area (Å²) in [6, 6.07) is 3.69. The van der Waals surface area contributed by atoms with E-state index in [-0.39, 0.29) is 6.03 Å². The van der Waals surface area contributed by atoms with E-state index in [1.54, 1.807) is 19.5 Å². The molecule has 1 saturated heterocycles. The molecule has 2 amide bonds. The number of ether oxygens (including phenoxy) is 1. The topological polar surface area (TPSA) is 130 Å². The van der Waals surface area contributed by atoms with Crippen molar-refractivity contribution in [1.82, 2.24) is 20.3 Å². The molecule has 0 saturated carbocycles. The number of fused-ring (bicyclic) bond motifs is 1. The number of thiazole rings is 1. The minimum Gasteiger partial charge on any atom is -0.481 e. The van der Waals surface area contributed by atoms with Gasteiger partial charge in [-0.3, -0.25) is 10.1 Å². The van der Waals surface area contributed by atoms with Crippen LogP contribution in [0.15, 0.2) is 24.5 Å². The SMILES string of the molecule is CCNC(=O)Nc1nc2cc(-c3cnc(N4CCC(CC)(C(=O)O)CC4)nc3)cc(COC)c2s1. The van der Waals surface area contributed by atoms with Crippen molar-refractivity contribution in [2.45, 2.75) is 39.7 Å². The summed E-state index contributed by atoms with van der Waals surface area (Å²) in [5.41, 5.74) is 2.81. The molecule has 1 fully saturated rings. The number of amides is 2. The van der Waals surface area contributed by atoms with Gasteiger partial charge in [-0.2, -0.15) is 0 Å². The number of nitrogens with one attached hydrogen (secondary N) is 2. The monoisotopic (exact) mass is 498 g/mol. The Balaban J connectivity index is 1.56. The number of hydrogen-bond acceptors (Lipinski definition) is 8. The lowest BCUT2D eigenvalue weighted by molar-refractivity contribution is -0.150. The highest BCUT2D eigenvalue weighted by Gasteiger charge is 2.40. The van der Waals surface area contributed by atoms with E-state index in [1.165, 1.54) is 11.3 Å². The second-order valence-corrected chi connectivity index (χ2v) is 9.62. The van der Waals surface area contributed by atoms with Crippen LogP contribution >= 0.6 is 11.3 Å². The van der Waals surface area contributed by atoms with Crippen LogP contribution in [0.1, 0.15) is 38.7 Å². The first-order valence-electron chi connectivity index (χ1n) is 11.7. The molecule has 186 valence electrons. The molecule has 3 heterocycles. The standard InChI is InChI=1S/C24H30N6O4S/c1-4-24(20(31)32)6-8-30(9-7-24)21-26-12-17(13-27-21)15-10-16(14-34-3)19-18(11-15)28-23(35-19)29-22(33)25-5-2/h10-13H,4-9,14H2,1-3H3,(H,31,32)(H2,25,28,29,33). The van der Waals surface area contributed by atoms with Crippen LogP contribution in [-0.4, -0.2) is 58.8 Å². The molecule has 3 N–H and O–H groups in total. The van der Waals surface area contributed by atoms with Crippen LogP contribution in [0.25, 0.3) is 21.3 Å². The fourth-order valence-corrected chi connectivity index (χ4v) is 5.31. The van der Waals surface area contributed by atoms with Crippen molar-refractivity contribution >= 4 is 44.6 Å². The molecule has 1 aliphatic rings. The summed E-state index contributed by atoms with van der Waals surface area (Å²) >= 11 is 1.40. The van der Waals surface area contributed by atoms with E-state index < -0.39 is 11.4 Å². The number of benzene rings is 1. The zero-order chi connectivity index (χ0) is 25.0. The summed E-state index contributed by atoms with van der Waals surface area (Å²) in [4.78, 5) is 39.4. The van der Waals surface area contributed by atoms with E-state index >= 15 is 0 Å². The summed E-state index contributed by atoms with van der Waals surface area (Å²) in [6.45, 7) is 5.96. The molecule has 0 spiro atoms.